The molecule has 0 aromatic rings. The number of amides is 1. The molecule has 1 N–H and O–H groups in total. The highest BCUT2D eigenvalue weighted by molar-refractivity contribution is 5.77. The van der Waals surface area contributed by atoms with Crippen LogP contribution in [-0.2, 0) is 19.1 Å². The van der Waals surface area contributed by atoms with Gasteiger partial charge in [0.25, 0.3) is 0 Å². The van der Waals surface area contributed by atoms with E-state index in [0.29, 0.717) is 19.6 Å². The van der Waals surface area contributed by atoms with Crippen molar-refractivity contribution in [3.05, 3.63) is 0 Å². The molecule has 0 saturated carbocycles. The van der Waals surface area contributed by atoms with Gasteiger partial charge in [-0.05, 0) is 77.9 Å². The fraction of sp³-hybridized carbons (Fsp3) is 0.950. The minimum atomic E-state index is -0.0145. The number of carbonyl (C=O) groups is 2. The molecule has 46 heavy (non-hydrogen) atoms. The SMILES string of the molecule is CCCCCCCCC(CCCCCCCC)OC(=O)CCCCCCCN(CCCCCCCC)CCCNC(=O)COCC. The first kappa shape index (κ1) is 44.9. The highest BCUT2D eigenvalue weighted by atomic mass is 16.5. The molecule has 0 atom stereocenters. The van der Waals surface area contributed by atoms with Crippen molar-refractivity contribution in [1.29, 1.82) is 0 Å². The highest BCUT2D eigenvalue weighted by Crippen LogP contribution is 2.18. The molecule has 0 aromatic heterocycles. The number of esters is 1. The van der Waals surface area contributed by atoms with Gasteiger partial charge in [-0.1, -0.05) is 136 Å². The van der Waals surface area contributed by atoms with Gasteiger partial charge in [-0.3, -0.25) is 9.59 Å². The summed E-state index contributed by atoms with van der Waals surface area (Å²) in [5.41, 5.74) is 0. The van der Waals surface area contributed by atoms with Crippen LogP contribution in [0.15, 0.2) is 0 Å². The number of rotatable bonds is 37. The first-order valence-electron chi connectivity index (χ1n) is 20.3. The zero-order valence-electron chi connectivity index (χ0n) is 31.5. The van der Waals surface area contributed by atoms with Crippen LogP contribution in [0.5, 0.6) is 0 Å². The van der Waals surface area contributed by atoms with Gasteiger partial charge in [-0.15, -0.1) is 0 Å². The van der Waals surface area contributed by atoms with Crippen molar-refractivity contribution in [1.82, 2.24) is 10.2 Å². The largest absolute Gasteiger partial charge is 0.462 e. The van der Waals surface area contributed by atoms with E-state index in [-0.39, 0.29) is 24.6 Å². The lowest BCUT2D eigenvalue weighted by Gasteiger charge is -2.22. The van der Waals surface area contributed by atoms with Gasteiger partial charge < -0.3 is 19.7 Å². The maximum Gasteiger partial charge on any atom is 0.306 e. The molecule has 0 spiro atoms. The molecule has 0 bridgehead atoms. The molecule has 0 aliphatic carbocycles. The third kappa shape index (κ3) is 32.8. The maximum absolute atomic E-state index is 12.7. The van der Waals surface area contributed by atoms with Gasteiger partial charge in [0.05, 0.1) is 0 Å². The van der Waals surface area contributed by atoms with Crippen molar-refractivity contribution >= 4 is 11.9 Å². The van der Waals surface area contributed by atoms with Crippen molar-refractivity contribution < 1.29 is 19.1 Å². The third-order valence-corrected chi connectivity index (χ3v) is 9.15. The van der Waals surface area contributed by atoms with Crippen molar-refractivity contribution in [2.75, 3.05) is 39.4 Å². The van der Waals surface area contributed by atoms with Gasteiger partial charge in [-0.25, -0.2) is 0 Å². The summed E-state index contributed by atoms with van der Waals surface area (Å²) in [7, 11) is 0. The van der Waals surface area contributed by atoms with E-state index in [1.807, 2.05) is 6.92 Å². The van der Waals surface area contributed by atoms with Gasteiger partial charge in [0.15, 0.2) is 0 Å². The quantitative estimate of drug-likeness (QED) is 0.0534. The Hall–Kier alpha value is -1.14. The van der Waals surface area contributed by atoms with Crippen molar-refractivity contribution in [2.45, 2.75) is 207 Å². The summed E-state index contributed by atoms with van der Waals surface area (Å²) < 4.78 is 11.2. The van der Waals surface area contributed by atoms with E-state index < -0.39 is 0 Å². The first-order chi connectivity index (χ1) is 22.6. The predicted molar refractivity (Wildman–Crippen MR) is 198 cm³/mol. The maximum atomic E-state index is 12.7. The van der Waals surface area contributed by atoms with Crippen LogP contribution in [0.4, 0.5) is 0 Å². The standard InChI is InChI=1S/C40H80N2O4/c1-5-9-12-15-19-24-30-38(31-25-20-16-13-10-6-2)46-40(44)32-26-21-18-23-28-35-42(34-27-22-17-14-11-7-3)36-29-33-41-39(43)37-45-8-4/h38H,5-37H2,1-4H3,(H,41,43). The molecule has 0 fully saturated rings. The van der Waals surface area contributed by atoms with Crippen molar-refractivity contribution in [3.63, 3.8) is 0 Å². The van der Waals surface area contributed by atoms with Gasteiger partial charge in [0, 0.05) is 19.6 Å². The molecular weight excluding hydrogens is 572 g/mol. The predicted octanol–water partition coefficient (Wildman–Crippen LogP) is 10.9. The summed E-state index contributed by atoms with van der Waals surface area (Å²) >= 11 is 0. The molecule has 0 rings (SSSR count). The normalized spacial score (nSPS) is 11.5. The Labute approximate surface area is 287 Å². The molecule has 6 nitrogen and oxygen atoms in total. The second-order valence-corrected chi connectivity index (χ2v) is 13.7. The van der Waals surface area contributed by atoms with Crippen LogP contribution in [0.25, 0.3) is 0 Å². The van der Waals surface area contributed by atoms with Crippen LogP contribution in [0.3, 0.4) is 0 Å². The van der Waals surface area contributed by atoms with Crippen molar-refractivity contribution in [3.8, 4) is 0 Å². The number of unbranched alkanes of at least 4 members (excludes halogenated alkanes) is 19. The summed E-state index contributed by atoms with van der Waals surface area (Å²) in [6, 6.07) is 0. The Morgan fingerprint density at radius 2 is 0.978 bits per heavy atom. The van der Waals surface area contributed by atoms with Crippen LogP contribution in [0.1, 0.15) is 201 Å². The van der Waals surface area contributed by atoms with E-state index in [0.717, 1.165) is 51.7 Å². The third-order valence-electron chi connectivity index (χ3n) is 9.15. The fourth-order valence-corrected chi connectivity index (χ4v) is 6.17. The summed E-state index contributed by atoms with van der Waals surface area (Å²) in [4.78, 5) is 27.1. The van der Waals surface area contributed by atoms with Gasteiger partial charge >= 0.3 is 5.97 Å². The number of hydrogen-bond donors (Lipinski definition) is 1. The van der Waals surface area contributed by atoms with Crippen LogP contribution in [-0.4, -0.2) is 62.3 Å². The summed E-state index contributed by atoms with van der Waals surface area (Å²) in [6.07, 6.45) is 32.8. The molecule has 0 unspecified atom stereocenters. The van der Waals surface area contributed by atoms with E-state index >= 15 is 0 Å². The van der Waals surface area contributed by atoms with E-state index in [1.54, 1.807) is 0 Å². The second kappa shape index (κ2) is 36.7. The van der Waals surface area contributed by atoms with E-state index in [4.69, 9.17) is 9.47 Å². The van der Waals surface area contributed by atoms with Crippen LogP contribution in [0, 0.1) is 0 Å². The molecule has 0 heterocycles. The second-order valence-electron chi connectivity index (χ2n) is 13.7. The van der Waals surface area contributed by atoms with Gasteiger partial charge in [0.1, 0.15) is 12.7 Å². The Morgan fingerprint density at radius 1 is 0.543 bits per heavy atom. The average Bonchev–Trinajstić information content (AvgIpc) is 3.05. The summed E-state index contributed by atoms with van der Waals surface area (Å²) in [5.74, 6) is 0.0137. The molecule has 0 aliphatic heterocycles. The molecule has 6 heteroatoms. The Morgan fingerprint density at radius 3 is 1.48 bits per heavy atom. The lowest BCUT2D eigenvalue weighted by atomic mass is 10.0. The number of hydrogen-bond acceptors (Lipinski definition) is 5. The lowest BCUT2D eigenvalue weighted by Crippen LogP contribution is -2.33. The van der Waals surface area contributed by atoms with E-state index in [2.05, 4.69) is 31.0 Å². The Kier molecular flexibility index (Phi) is 35.8. The number of carbonyl (C=O) groups excluding carboxylic acids is 2. The van der Waals surface area contributed by atoms with Crippen LogP contribution < -0.4 is 5.32 Å². The van der Waals surface area contributed by atoms with Crippen molar-refractivity contribution in [2.24, 2.45) is 0 Å². The molecule has 0 aromatic carbocycles. The fourth-order valence-electron chi connectivity index (χ4n) is 6.17. The zero-order valence-corrected chi connectivity index (χ0v) is 31.5. The highest BCUT2D eigenvalue weighted by Gasteiger charge is 2.14. The monoisotopic (exact) mass is 653 g/mol. The van der Waals surface area contributed by atoms with Gasteiger partial charge in [0.2, 0.25) is 5.91 Å². The van der Waals surface area contributed by atoms with E-state index in [1.165, 1.54) is 135 Å². The topological polar surface area (TPSA) is 67.9 Å². The smallest absolute Gasteiger partial charge is 0.306 e. The summed E-state index contributed by atoms with van der Waals surface area (Å²) in [5, 5.41) is 2.98. The van der Waals surface area contributed by atoms with Gasteiger partial charge in [-0.2, -0.15) is 0 Å². The van der Waals surface area contributed by atoms with Crippen LogP contribution in [0.2, 0.25) is 0 Å². The molecule has 0 aliphatic rings. The lowest BCUT2D eigenvalue weighted by molar-refractivity contribution is -0.150. The zero-order chi connectivity index (χ0) is 33.8. The molecular formula is C40H80N2O4. The molecule has 0 saturated heterocycles. The van der Waals surface area contributed by atoms with Crippen LogP contribution >= 0.6 is 0 Å². The first-order valence-corrected chi connectivity index (χ1v) is 20.3. The number of ether oxygens (including phenoxy) is 2. The minimum Gasteiger partial charge on any atom is -0.462 e. The Bertz CT molecular complexity index is 629. The summed E-state index contributed by atoms with van der Waals surface area (Å²) in [6.45, 7) is 13.5. The van der Waals surface area contributed by atoms with E-state index in [9.17, 15) is 9.59 Å². The number of nitrogens with one attached hydrogen (secondary N) is 1. The minimum absolute atomic E-state index is 0.0145. The number of nitrogens with zero attached hydrogens (tertiary/aromatic N) is 1. The Balaban J connectivity index is 4.31. The molecule has 0 radical (unpaired) electrons. The molecule has 1 amide bonds. The molecule has 274 valence electrons. The average molecular weight is 653 g/mol.